The lowest BCUT2D eigenvalue weighted by Crippen LogP contribution is -2.50. The quantitative estimate of drug-likeness (QED) is 0.513. The second-order valence-electron chi connectivity index (χ2n) is 9.03. The maximum Gasteiger partial charge on any atom is 0.321 e. The number of halogens is 1. The number of hydrogen-bond donors (Lipinski definition) is 3. The first-order valence-corrected chi connectivity index (χ1v) is 13.2. The molecule has 36 heavy (non-hydrogen) atoms. The summed E-state index contributed by atoms with van der Waals surface area (Å²) in [6.07, 6.45) is 0.468. The summed E-state index contributed by atoms with van der Waals surface area (Å²) in [5, 5.41) is 12.4. The van der Waals surface area contributed by atoms with Crippen LogP contribution in [0.3, 0.4) is 0 Å². The third-order valence-electron chi connectivity index (χ3n) is 5.86. The van der Waals surface area contributed by atoms with E-state index < -0.39 is 39.9 Å². The number of anilines is 2. The number of fused-ring (bicyclic) bond motifs is 1. The zero-order valence-corrected chi connectivity index (χ0v) is 21.4. The molecule has 3 N–H and O–H groups in total. The summed E-state index contributed by atoms with van der Waals surface area (Å²) in [4.78, 5) is 29.0. The fraction of sp³-hybridized carbons (Fsp3) is 0.417. The molecule has 196 valence electrons. The van der Waals surface area contributed by atoms with Crippen LogP contribution in [0.1, 0.15) is 24.2 Å². The summed E-state index contributed by atoms with van der Waals surface area (Å²) >= 11 is 0. The van der Waals surface area contributed by atoms with Crippen molar-refractivity contribution in [3.05, 3.63) is 53.8 Å². The van der Waals surface area contributed by atoms with E-state index in [1.165, 1.54) is 52.3 Å². The van der Waals surface area contributed by atoms with Crippen molar-refractivity contribution in [2.45, 2.75) is 26.0 Å². The van der Waals surface area contributed by atoms with Gasteiger partial charge in [0.2, 0.25) is 10.0 Å². The van der Waals surface area contributed by atoms with E-state index in [1.54, 1.807) is 14.0 Å². The standard InChI is InChI=1S/C24H31FN4O6S/c1-15-12-29(16(2)14-30)23(31)20-11-19(27-36(4,33)34)9-10-21(20)35-22(15)13-28(3)24(32)26-18-7-5-17(25)6-8-18/h5-11,15-16,22,27,30H,12-14H2,1-4H3,(H,26,32)/t15-,16+,22+/m1/s1. The molecule has 0 radical (unpaired) electrons. The number of aliphatic hydroxyl groups excluding tert-OH is 1. The largest absolute Gasteiger partial charge is 0.487 e. The van der Waals surface area contributed by atoms with E-state index in [0.29, 0.717) is 5.69 Å². The first kappa shape index (κ1) is 27.2. The molecule has 1 heterocycles. The number of ether oxygens (including phenoxy) is 1. The summed E-state index contributed by atoms with van der Waals surface area (Å²) in [5.74, 6) is -0.816. The van der Waals surface area contributed by atoms with Crippen molar-refractivity contribution in [1.82, 2.24) is 9.80 Å². The van der Waals surface area contributed by atoms with E-state index in [1.807, 2.05) is 6.92 Å². The lowest BCUT2D eigenvalue weighted by molar-refractivity contribution is 0.0371. The third-order valence-corrected chi connectivity index (χ3v) is 6.47. The molecule has 2 aromatic carbocycles. The third kappa shape index (κ3) is 6.85. The summed E-state index contributed by atoms with van der Waals surface area (Å²) in [5.41, 5.74) is 0.773. The highest BCUT2D eigenvalue weighted by atomic mass is 32.2. The van der Waals surface area contributed by atoms with Gasteiger partial charge in [-0.25, -0.2) is 17.6 Å². The van der Waals surface area contributed by atoms with Crippen molar-refractivity contribution in [3.8, 4) is 5.75 Å². The van der Waals surface area contributed by atoms with Crippen molar-refractivity contribution in [2.24, 2.45) is 5.92 Å². The second kappa shape index (κ2) is 11.1. The Labute approximate surface area is 210 Å². The van der Waals surface area contributed by atoms with E-state index in [4.69, 9.17) is 4.74 Å². The Morgan fingerprint density at radius 3 is 2.50 bits per heavy atom. The summed E-state index contributed by atoms with van der Waals surface area (Å²) < 4.78 is 45.1. The molecule has 0 bridgehead atoms. The van der Waals surface area contributed by atoms with Crippen LogP contribution in [0.5, 0.6) is 5.75 Å². The normalized spacial score (nSPS) is 18.8. The number of rotatable bonds is 7. The predicted molar refractivity (Wildman–Crippen MR) is 134 cm³/mol. The number of nitrogens with one attached hydrogen (secondary N) is 2. The SMILES string of the molecule is C[C@@H]1CN([C@@H](C)CO)C(=O)c2cc(NS(C)(=O)=O)ccc2O[C@H]1CN(C)C(=O)Nc1ccc(F)cc1. The van der Waals surface area contributed by atoms with Gasteiger partial charge in [0, 0.05) is 30.9 Å². The molecule has 0 fully saturated rings. The molecule has 0 saturated carbocycles. The van der Waals surface area contributed by atoms with Crippen LogP contribution in [0.4, 0.5) is 20.6 Å². The predicted octanol–water partition coefficient (Wildman–Crippen LogP) is 2.58. The van der Waals surface area contributed by atoms with E-state index in [-0.39, 0.29) is 42.6 Å². The highest BCUT2D eigenvalue weighted by Crippen LogP contribution is 2.31. The lowest BCUT2D eigenvalue weighted by Gasteiger charge is -2.38. The Hall–Kier alpha value is -3.38. The maximum absolute atomic E-state index is 13.4. The molecule has 0 unspecified atom stereocenters. The van der Waals surface area contributed by atoms with Crippen LogP contribution in [-0.2, 0) is 10.0 Å². The van der Waals surface area contributed by atoms with Gasteiger partial charge < -0.3 is 25.0 Å². The monoisotopic (exact) mass is 522 g/mol. The van der Waals surface area contributed by atoms with E-state index >= 15 is 0 Å². The summed E-state index contributed by atoms with van der Waals surface area (Å²) in [7, 11) is -1.98. The van der Waals surface area contributed by atoms with Gasteiger partial charge >= 0.3 is 6.03 Å². The molecule has 0 saturated heterocycles. The van der Waals surface area contributed by atoms with Gasteiger partial charge in [0.15, 0.2) is 0 Å². The van der Waals surface area contributed by atoms with Gasteiger partial charge in [0.1, 0.15) is 17.7 Å². The minimum Gasteiger partial charge on any atom is -0.487 e. The number of aliphatic hydroxyl groups is 1. The van der Waals surface area contributed by atoms with Crippen LogP contribution in [-0.4, -0.2) is 80.4 Å². The molecule has 2 aromatic rings. The topological polar surface area (TPSA) is 128 Å². The molecule has 12 heteroatoms. The van der Waals surface area contributed by atoms with Gasteiger partial charge in [-0.2, -0.15) is 0 Å². The van der Waals surface area contributed by atoms with Crippen molar-refractivity contribution in [2.75, 3.05) is 43.0 Å². The van der Waals surface area contributed by atoms with Gasteiger partial charge in [0.05, 0.1) is 31.0 Å². The number of carbonyl (C=O) groups excluding carboxylic acids is 2. The molecule has 10 nitrogen and oxygen atoms in total. The zero-order valence-electron chi connectivity index (χ0n) is 20.6. The van der Waals surface area contributed by atoms with Crippen LogP contribution < -0.4 is 14.8 Å². The van der Waals surface area contributed by atoms with Crippen molar-refractivity contribution < 1.29 is 32.2 Å². The van der Waals surface area contributed by atoms with Gasteiger partial charge in [-0.3, -0.25) is 9.52 Å². The number of hydrogen-bond acceptors (Lipinski definition) is 6. The second-order valence-corrected chi connectivity index (χ2v) is 10.8. The maximum atomic E-state index is 13.4. The van der Waals surface area contributed by atoms with Gasteiger partial charge in [-0.15, -0.1) is 0 Å². The molecule has 3 atom stereocenters. The fourth-order valence-electron chi connectivity index (χ4n) is 3.82. The Balaban J connectivity index is 1.88. The lowest BCUT2D eigenvalue weighted by atomic mass is 9.99. The van der Waals surface area contributed by atoms with Crippen LogP contribution >= 0.6 is 0 Å². The van der Waals surface area contributed by atoms with Crippen LogP contribution in [0.25, 0.3) is 0 Å². The Morgan fingerprint density at radius 2 is 1.89 bits per heavy atom. The number of sulfonamides is 1. The van der Waals surface area contributed by atoms with Crippen molar-refractivity contribution >= 4 is 33.3 Å². The Kier molecular flexibility index (Phi) is 8.41. The number of carbonyl (C=O) groups is 2. The Bertz CT molecular complexity index is 1210. The van der Waals surface area contributed by atoms with Crippen LogP contribution in [0, 0.1) is 11.7 Å². The molecule has 0 spiro atoms. The van der Waals surface area contributed by atoms with Crippen LogP contribution in [0.2, 0.25) is 0 Å². The highest BCUT2D eigenvalue weighted by molar-refractivity contribution is 7.92. The number of nitrogens with zero attached hydrogens (tertiary/aromatic N) is 2. The van der Waals surface area contributed by atoms with E-state index in [2.05, 4.69) is 10.0 Å². The molecule has 0 aliphatic carbocycles. The minimum atomic E-state index is -3.57. The minimum absolute atomic E-state index is 0.138. The van der Waals surface area contributed by atoms with E-state index in [9.17, 15) is 27.5 Å². The summed E-state index contributed by atoms with van der Waals surface area (Å²) in [6, 6.07) is 8.85. The molecule has 1 aliphatic heterocycles. The summed E-state index contributed by atoms with van der Waals surface area (Å²) in [6.45, 7) is 3.73. The smallest absolute Gasteiger partial charge is 0.321 e. The number of amides is 3. The van der Waals surface area contributed by atoms with Gasteiger partial charge in [-0.05, 0) is 49.4 Å². The van der Waals surface area contributed by atoms with E-state index in [0.717, 1.165) is 6.26 Å². The molecule has 0 aromatic heterocycles. The van der Waals surface area contributed by atoms with Crippen molar-refractivity contribution in [3.63, 3.8) is 0 Å². The zero-order chi connectivity index (χ0) is 26.6. The number of likely N-dealkylation sites (N-methyl/N-ethyl adjacent to an activating group) is 1. The van der Waals surface area contributed by atoms with Crippen molar-refractivity contribution in [1.29, 1.82) is 0 Å². The van der Waals surface area contributed by atoms with Gasteiger partial charge in [0.25, 0.3) is 5.91 Å². The first-order valence-electron chi connectivity index (χ1n) is 11.4. The Morgan fingerprint density at radius 1 is 1.25 bits per heavy atom. The molecular formula is C24H31FN4O6S. The fourth-order valence-corrected chi connectivity index (χ4v) is 4.38. The molecule has 3 amide bonds. The number of benzene rings is 2. The van der Waals surface area contributed by atoms with Crippen LogP contribution in [0.15, 0.2) is 42.5 Å². The average molecular weight is 523 g/mol. The molecule has 1 aliphatic rings. The molecule has 3 rings (SSSR count). The number of urea groups is 1. The average Bonchev–Trinajstić information content (AvgIpc) is 2.81. The molecular weight excluding hydrogens is 491 g/mol. The first-order chi connectivity index (χ1) is 16.9. The highest BCUT2D eigenvalue weighted by Gasteiger charge is 2.34. The van der Waals surface area contributed by atoms with Gasteiger partial charge in [-0.1, -0.05) is 6.92 Å².